The molecule has 0 spiro atoms. The number of benzene rings is 1. The molecule has 0 radical (unpaired) electrons. The van der Waals surface area contributed by atoms with Crippen molar-refractivity contribution < 1.29 is 4.79 Å². The van der Waals surface area contributed by atoms with E-state index in [-0.39, 0.29) is 16.9 Å². The number of hydrogen-bond acceptors (Lipinski definition) is 3. The molecule has 4 nitrogen and oxygen atoms in total. The number of carbonyl (C=O) groups is 1. The summed E-state index contributed by atoms with van der Waals surface area (Å²) in [6.45, 7) is 5.76. The van der Waals surface area contributed by atoms with E-state index >= 15 is 0 Å². The zero-order valence-electron chi connectivity index (χ0n) is 14.8. The van der Waals surface area contributed by atoms with Gasteiger partial charge in [-0.3, -0.25) is 4.79 Å². The second-order valence-electron chi connectivity index (χ2n) is 7.00. The summed E-state index contributed by atoms with van der Waals surface area (Å²) in [4.78, 5) is 11.0. The van der Waals surface area contributed by atoms with Gasteiger partial charge in [0, 0.05) is 12.6 Å². The molecule has 0 saturated heterocycles. The van der Waals surface area contributed by atoms with E-state index in [0.29, 0.717) is 0 Å². The second kappa shape index (κ2) is 7.64. The van der Waals surface area contributed by atoms with Crippen LogP contribution in [-0.2, 0) is 4.79 Å². The van der Waals surface area contributed by atoms with Crippen molar-refractivity contribution in [2.75, 3.05) is 5.32 Å². The molecule has 25 heavy (non-hydrogen) atoms. The lowest BCUT2D eigenvalue weighted by molar-refractivity contribution is -0.114. The lowest BCUT2D eigenvalue weighted by Crippen LogP contribution is -2.17. The second-order valence-corrected chi connectivity index (χ2v) is 7.00. The molecule has 0 atom stereocenters. The van der Waals surface area contributed by atoms with Gasteiger partial charge in [0.1, 0.15) is 17.7 Å². The quantitative estimate of drug-likeness (QED) is 0.812. The van der Waals surface area contributed by atoms with Crippen molar-refractivity contribution in [1.82, 2.24) is 0 Å². The van der Waals surface area contributed by atoms with Crippen molar-refractivity contribution in [3.8, 4) is 12.1 Å². The summed E-state index contributed by atoms with van der Waals surface area (Å²) in [5.74, 6) is -0.0945. The summed E-state index contributed by atoms with van der Waals surface area (Å²) in [5, 5.41) is 21.0. The highest BCUT2D eigenvalue weighted by atomic mass is 16.1. The van der Waals surface area contributed by atoms with Crippen LogP contribution in [0, 0.1) is 28.1 Å². The highest BCUT2D eigenvalue weighted by molar-refractivity contribution is 5.88. The van der Waals surface area contributed by atoms with Crippen molar-refractivity contribution in [3.63, 3.8) is 0 Å². The number of anilines is 1. The summed E-state index contributed by atoms with van der Waals surface area (Å²) in [5.41, 5.74) is 3.89. The summed E-state index contributed by atoms with van der Waals surface area (Å²) >= 11 is 0. The Morgan fingerprint density at radius 1 is 1.12 bits per heavy atom. The lowest BCUT2D eigenvalue weighted by atomic mass is 9.74. The number of nitriles is 2. The van der Waals surface area contributed by atoms with Gasteiger partial charge in [0.15, 0.2) is 0 Å². The minimum absolute atomic E-state index is 0.0119. The first-order valence-electron chi connectivity index (χ1n) is 8.12. The van der Waals surface area contributed by atoms with Gasteiger partial charge in [0.05, 0.1) is 0 Å². The Hall–Kier alpha value is -3.11. The molecule has 0 fully saturated rings. The molecule has 1 N–H and O–H groups in total. The Kier molecular flexibility index (Phi) is 5.57. The third kappa shape index (κ3) is 5.19. The van der Waals surface area contributed by atoms with Crippen molar-refractivity contribution >= 4 is 17.7 Å². The van der Waals surface area contributed by atoms with Gasteiger partial charge >= 0.3 is 0 Å². The molecule has 126 valence electrons. The van der Waals surface area contributed by atoms with Gasteiger partial charge in [-0.15, -0.1) is 0 Å². The normalized spacial score (nSPS) is 15.9. The van der Waals surface area contributed by atoms with Crippen LogP contribution in [0.1, 0.15) is 39.2 Å². The average Bonchev–Trinajstić information content (AvgIpc) is 2.53. The molecule has 1 amide bonds. The molecular weight excluding hydrogens is 310 g/mol. The van der Waals surface area contributed by atoms with Crippen LogP contribution in [0.15, 0.2) is 53.1 Å². The van der Waals surface area contributed by atoms with Gasteiger partial charge in [-0.2, -0.15) is 10.5 Å². The van der Waals surface area contributed by atoms with E-state index < -0.39 is 0 Å². The third-order valence-electron chi connectivity index (χ3n) is 3.98. The van der Waals surface area contributed by atoms with Gasteiger partial charge in [0.2, 0.25) is 5.91 Å². The number of amides is 1. The molecule has 0 unspecified atom stereocenters. The molecule has 0 heterocycles. The molecule has 0 bridgehead atoms. The molecule has 1 aliphatic carbocycles. The summed E-state index contributed by atoms with van der Waals surface area (Å²) < 4.78 is 0. The highest BCUT2D eigenvalue weighted by Gasteiger charge is 2.26. The number of hydrogen-bond donors (Lipinski definition) is 1. The zero-order chi connectivity index (χ0) is 18.4. The fourth-order valence-electron chi connectivity index (χ4n) is 2.98. The minimum Gasteiger partial charge on any atom is -0.326 e. The van der Waals surface area contributed by atoms with Crippen molar-refractivity contribution in [2.45, 2.75) is 33.6 Å². The van der Waals surface area contributed by atoms with E-state index in [2.05, 4.69) is 19.2 Å². The number of nitrogens with zero attached hydrogens (tertiary/aromatic N) is 2. The van der Waals surface area contributed by atoms with E-state index in [1.54, 1.807) is 0 Å². The number of rotatable bonds is 3. The van der Waals surface area contributed by atoms with Gasteiger partial charge in [0.25, 0.3) is 0 Å². The summed E-state index contributed by atoms with van der Waals surface area (Å²) in [7, 11) is 0. The van der Waals surface area contributed by atoms with Crippen molar-refractivity contribution in [1.29, 1.82) is 10.5 Å². The SMILES string of the molecule is CC(=O)Nc1ccc(C=CC2=CC(=C(C#N)C#N)CC(C)(C)C2)cc1. The van der Waals surface area contributed by atoms with Crippen molar-refractivity contribution in [2.24, 2.45) is 5.41 Å². The van der Waals surface area contributed by atoms with Crippen LogP contribution in [0.2, 0.25) is 0 Å². The molecule has 0 saturated carbocycles. The topological polar surface area (TPSA) is 76.7 Å². The minimum atomic E-state index is -0.0945. The van der Waals surface area contributed by atoms with Crippen LogP contribution in [0.5, 0.6) is 0 Å². The summed E-state index contributed by atoms with van der Waals surface area (Å²) in [6.07, 6.45) is 7.60. The fraction of sp³-hybridized carbons (Fsp3) is 0.286. The van der Waals surface area contributed by atoms with Gasteiger partial charge in [-0.05, 0) is 47.1 Å². The van der Waals surface area contributed by atoms with Gasteiger partial charge in [-0.25, -0.2) is 0 Å². The molecular formula is C21H21N3O. The van der Waals surface area contributed by atoms with Crippen molar-refractivity contribution in [3.05, 3.63) is 58.7 Å². The maximum absolute atomic E-state index is 11.0. The predicted molar refractivity (Wildman–Crippen MR) is 99.1 cm³/mol. The Balaban J connectivity index is 2.24. The molecule has 2 rings (SSSR count). The largest absolute Gasteiger partial charge is 0.326 e. The van der Waals surface area contributed by atoms with Crippen LogP contribution in [0.4, 0.5) is 5.69 Å². The first-order chi connectivity index (χ1) is 11.8. The molecule has 0 aliphatic heterocycles. The lowest BCUT2D eigenvalue weighted by Gasteiger charge is -2.30. The molecule has 1 aromatic carbocycles. The zero-order valence-corrected chi connectivity index (χ0v) is 14.8. The van der Waals surface area contributed by atoms with Gasteiger partial charge in [-0.1, -0.05) is 44.2 Å². The van der Waals surface area contributed by atoms with E-state index in [4.69, 9.17) is 10.5 Å². The maximum atomic E-state index is 11.0. The molecule has 0 aromatic heterocycles. The van der Waals surface area contributed by atoms with E-state index in [9.17, 15) is 4.79 Å². The molecule has 1 aromatic rings. The van der Waals surface area contributed by atoms with Crippen LogP contribution in [-0.4, -0.2) is 5.91 Å². The molecule has 1 aliphatic rings. The van der Waals surface area contributed by atoms with E-state index in [1.807, 2.05) is 54.6 Å². The highest BCUT2D eigenvalue weighted by Crippen LogP contribution is 2.39. The van der Waals surface area contributed by atoms with Crippen LogP contribution >= 0.6 is 0 Å². The monoisotopic (exact) mass is 331 g/mol. The smallest absolute Gasteiger partial charge is 0.221 e. The number of carbonyl (C=O) groups excluding carboxylic acids is 1. The number of allylic oxidation sites excluding steroid dienone is 5. The predicted octanol–water partition coefficient (Wildman–Crippen LogP) is 4.75. The first kappa shape index (κ1) is 18.2. The average molecular weight is 331 g/mol. The van der Waals surface area contributed by atoms with Crippen LogP contribution in [0.25, 0.3) is 6.08 Å². The Labute approximate surface area is 148 Å². The molecule has 4 heteroatoms. The van der Waals surface area contributed by atoms with E-state index in [1.165, 1.54) is 6.92 Å². The summed E-state index contributed by atoms with van der Waals surface area (Å²) in [6, 6.07) is 11.6. The Bertz CT molecular complexity index is 825. The standard InChI is InChI=1S/C21H21N3O/c1-15(25)24-20-8-6-16(7-9-20)4-5-17-10-18(19(13-22)14-23)12-21(2,3)11-17/h4-10H,11-12H2,1-3H3,(H,24,25). The number of nitrogens with one attached hydrogen (secondary N) is 1. The van der Waals surface area contributed by atoms with Crippen LogP contribution < -0.4 is 5.32 Å². The van der Waals surface area contributed by atoms with E-state index in [0.717, 1.165) is 35.2 Å². The Morgan fingerprint density at radius 2 is 1.76 bits per heavy atom. The third-order valence-corrected chi connectivity index (χ3v) is 3.98. The fourth-order valence-corrected chi connectivity index (χ4v) is 2.98. The first-order valence-corrected chi connectivity index (χ1v) is 8.12. The maximum Gasteiger partial charge on any atom is 0.221 e. The Morgan fingerprint density at radius 3 is 2.32 bits per heavy atom. The van der Waals surface area contributed by atoms with Crippen LogP contribution in [0.3, 0.4) is 0 Å². The van der Waals surface area contributed by atoms with Gasteiger partial charge < -0.3 is 5.32 Å².